The van der Waals surface area contributed by atoms with Crippen molar-refractivity contribution in [1.29, 1.82) is 0 Å². The zero-order chi connectivity index (χ0) is 32.7. The van der Waals surface area contributed by atoms with Gasteiger partial charge < -0.3 is 21.3 Å². The highest BCUT2D eigenvalue weighted by Gasteiger charge is 2.30. The minimum atomic E-state index is -0.601. The average Bonchev–Trinajstić information content (AvgIpc) is 3.07. The SMILES string of the molecule is CC1(NCc2ccc(C(=O)NCc3ccc(C=CC(=O)NO)cc3)cc2)CCN(c2cnc(-c3cccc(Cl)c3Cl)c(N)n2)CC1. The number of hydrogen-bond acceptors (Lipinski definition) is 8. The Morgan fingerprint density at radius 3 is 2.35 bits per heavy atom. The van der Waals surface area contributed by atoms with Crippen LogP contribution in [0.4, 0.5) is 11.6 Å². The number of hydroxylamine groups is 1. The third-order valence-corrected chi connectivity index (χ3v) is 8.91. The molecule has 1 fully saturated rings. The van der Waals surface area contributed by atoms with Crippen LogP contribution in [0, 0.1) is 0 Å². The van der Waals surface area contributed by atoms with Gasteiger partial charge in [-0.2, -0.15) is 0 Å². The van der Waals surface area contributed by atoms with Crippen molar-refractivity contribution in [2.24, 2.45) is 0 Å². The molecule has 1 aromatic heterocycles. The summed E-state index contributed by atoms with van der Waals surface area (Å²) in [6.45, 7) is 4.88. The van der Waals surface area contributed by atoms with Gasteiger partial charge in [0.25, 0.3) is 11.8 Å². The van der Waals surface area contributed by atoms with Crippen molar-refractivity contribution >= 4 is 52.7 Å². The highest BCUT2D eigenvalue weighted by Crippen LogP contribution is 2.35. The van der Waals surface area contributed by atoms with E-state index in [2.05, 4.69) is 32.4 Å². The number of carbonyl (C=O) groups excluding carboxylic acids is 2. The molecule has 10 nitrogen and oxygen atoms in total. The van der Waals surface area contributed by atoms with Gasteiger partial charge in [0.2, 0.25) is 0 Å². The standard InChI is InChI=1S/C34H35Cl2N7O3/c1-34(15-17-43(18-16-34)28-21-38-31(32(37)41-28)26-3-2-4-27(35)30(26)36)40-20-24-9-12-25(13-10-24)33(45)39-19-23-7-5-22(6-8-23)11-14-29(44)42-46/h2-14,21,40,46H,15-20H2,1H3,(H2,37,41)(H,39,45)(H,42,44). The van der Waals surface area contributed by atoms with Crippen LogP contribution in [0.1, 0.15) is 46.8 Å². The Kier molecular flexibility index (Phi) is 10.5. The molecule has 1 saturated heterocycles. The van der Waals surface area contributed by atoms with Gasteiger partial charge in [0, 0.05) is 48.9 Å². The maximum atomic E-state index is 12.7. The molecule has 0 saturated carbocycles. The van der Waals surface area contributed by atoms with E-state index in [9.17, 15) is 9.59 Å². The first-order valence-corrected chi connectivity index (χ1v) is 15.5. The number of amides is 2. The smallest absolute Gasteiger partial charge is 0.267 e. The number of anilines is 2. The van der Waals surface area contributed by atoms with Gasteiger partial charge in [-0.3, -0.25) is 14.8 Å². The number of aromatic nitrogens is 2. The lowest BCUT2D eigenvalue weighted by Gasteiger charge is -2.40. The first-order chi connectivity index (χ1) is 22.1. The van der Waals surface area contributed by atoms with Gasteiger partial charge in [-0.15, -0.1) is 0 Å². The third-order valence-electron chi connectivity index (χ3n) is 8.09. The monoisotopic (exact) mass is 659 g/mol. The lowest BCUT2D eigenvalue weighted by Crippen LogP contribution is -2.51. The Balaban J connectivity index is 1.09. The molecule has 6 N–H and O–H groups in total. The molecule has 0 aliphatic carbocycles. The van der Waals surface area contributed by atoms with Gasteiger partial charge in [0.15, 0.2) is 5.82 Å². The Bertz CT molecular complexity index is 1720. The fourth-order valence-corrected chi connectivity index (χ4v) is 5.57. The Morgan fingerprint density at radius 1 is 1.00 bits per heavy atom. The molecule has 3 aromatic carbocycles. The second-order valence-corrected chi connectivity index (χ2v) is 12.2. The summed E-state index contributed by atoms with van der Waals surface area (Å²) >= 11 is 12.5. The van der Waals surface area contributed by atoms with E-state index in [-0.39, 0.29) is 11.4 Å². The molecule has 2 amide bonds. The van der Waals surface area contributed by atoms with Crippen LogP contribution in [0.25, 0.3) is 17.3 Å². The second-order valence-electron chi connectivity index (χ2n) is 11.4. The molecule has 0 radical (unpaired) electrons. The van der Waals surface area contributed by atoms with E-state index in [1.165, 1.54) is 6.08 Å². The molecule has 0 bridgehead atoms. The normalized spacial score (nSPS) is 14.3. The van der Waals surface area contributed by atoms with Gasteiger partial charge in [0.05, 0.1) is 16.2 Å². The van der Waals surface area contributed by atoms with Crippen molar-refractivity contribution in [3.8, 4) is 11.3 Å². The minimum absolute atomic E-state index is 0.0592. The van der Waals surface area contributed by atoms with E-state index >= 15 is 0 Å². The molecule has 46 heavy (non-hydrogen) atoms. The number of nitrogen functional groups attached to an aromatic ring is 1. The molecular weight excluding hydrogens is 625 g/mol. The van der Waals surface area contributed by atoms with Crippen molar-refractivity contribution in [2.45, 2.75) is 38.4 Å². The zero-order valence-electron chi connectivity index (χ0n) is 25.3. The number of nitrogens with zero attached hydrogens (tertiary/aromatic N) is 3. The van der Waals surface area contributed by atoms with E-state index in [1.807, 2.05) is 54.6 Å². The largest absolute Gasteiger partial charge is 0.382 e. The van der Waals surface area contributed by atoms with Crippen molar-refractivity contribution in [3.63, 3.8) is 0 Å². The van der Waals surface area contributed by atoms with Crippen LogP contribution in [-0.4, -0.2) is 45.6 Å². The number of nitrogens with two attached hydrogens (primary N) is 1. The van der Waals surface area contributed by atoms with Gasteiger partial charge in [-0.25, -0.2) is 15.4 Å². The van der Waals surface area contributed by atoms with Crippen LogP contribution < -0.4 is 26.7 Å². The van der Waals surface area contributed by atoms with Crippen LogP contribution in [-0.2, 0) is 17.9 Å². The molecule has 12 heteroatoms. The predicted octanol–water partition coefficient (Wildman–Crippen LogP) is 5.63. The Hall–Kier alpha value is -4.48. The topological polar surface area (TPSA) is 146 Å². The Labute approximate surface area is 277 Å². The number of piperidine rings is 1. The third kappa shape index (κ3) is 8.21. The quantitative estimate of drug-likeness (QED) is 0.0837. The lowest BCUT2D eigenvalue weighted by molar-refractivity contribution is -0.124. The molecule has 2 heterocycles. The molecule has 1 aliphatic rings. The van der Waals surface area contributed by atoms with Crippen LogP contribution in [0.3, 0.4) is 0 Å². The van der Waals surface area contributed by atoms with E-state index in [0.717, 1.165) is 48.4 Å². The second kappa shape index (κ2) is 14.7. The fourth-order valence-electron chi connectivity index (χ4n) is 5.18. The van der Waals surface area contributed by atoms with Crippen LogP contribution >= 0.6 is 23.2 Å². The summed E-state index contributed by atoms with van der Waals surface area (Å²) in [6, 6.07) is 20.3. The van der Waals surface area contributed by atoms with Crippen molar-refractivity contribution in [2.75, 3.05) is 23.7 Å². The first kappa shape index (κ1) is 32.9. The molecule has 238 valence electrons. The maximum absolute atomic E-state index is 12.7. The molecule has 0 atom stereocenters. The number of halogens is 2. The predicted molar refractivity (Wildman–Crippen MR) is 182 cm³/mol. The van der Waals surface area contributed by atoms with Gasteiger partial charge >= 0.3 is 0 Å². The van der Waals surface area contributed by atoms with Gasteiger partial charge in [-0.1, -0.05) is 71.7 Å². The summed E-state index contributed by atoms with van der Waals surface area (Å²) in [5.74, 6) is 0.278. The van der Waals surface area contributed by atoms with E-state index in [4.69, 9.17) is 34.1 Å². The number of carbonyl (C=O) groups is 2. The van der Waals surface area contributed by atoms with Gasteiger partial charge in [0.1, 0.15) is 11.5 Å². The fraction of sp³-hybridized carbons (Fsp3) is 0.235. The molecule has 0 unspecified atom stereocenters. The molecule has 4 aromatic rings. The van der Waals surface area contributed by atoms with Crippen LogP contribution in [0.15, 0.2) is 79.0 Å². The number of nitrogens with one attached hydrogen (secondary N) is 3. The van der Waals surface area contributed by atoms with E-state index < -0.39 is 5.91 Å². The highest BCUT2D eigenvalue weighted by atomic mass is 35.5. The van der Waals surface area contributed by atoms with Crippen molar-refractivity contribution in [1.82, 2.24) is 26.1 Å². The highest BCUT2D eigenvalue weighted by molar-refractivity contribution is 6.43. The van der Waals surface area contributed by atoms with Crippen LogP contribution in [0.5, 0.6) is 0 Å². The minimum Gasteiger partial charge on any atom is -0.382 e. The molecular formula is C34H35Cl2N7O3. The summed E-state index contributed by atoms with van der Waals surface area (Å²) in [7, 11) is 0. The number of hydrogen-bond donors (Lipinski definition) is 5. The van der Waals surface area contributed by atoms with Crippen molar-refractivity contribution in [3.05, 3.63) is 111 Å². The van der Waals surface area contributed by atoms with E-state index in [1.54, 1.807) is 29.9 Å². The summed E-state index contributed by atoms with van der Waals surface area (Å²) in [5, 5.41) is 16.0. The summed E-state index contributed by atoms with van der Waals surface area (Å²) in [6.07, 6.45) is 6.36. The number of benzene rings is 3. The average molecular weight is 661 g/mol. The summed E-state index contributed by atoms with van der Waals surface area (Å²) < 4.78 is 0. The number of rotatable bonds is 10. The summed E-state index contributed by atoms with van der Waals surface area (Å²) in [4.78, 5) is 35.2. The summed E-state index contributed by atoms with van der Waals surface area (Å²) in [5.41, 5.74) is 12.3. The molecule has 1 aliphatic heterocycles. The van der Waals surface area contributed by atoms with Crippen LogP contribution in [0.2, 0.25) is 10.0 Å². The molecule has 5 rings (SSSR count). The lowest BCUT2D eigenvalue weighted by atomic mass is 9.89. The van der Waals surface area contributed by atoms with Gasteiger partial charge in [-0.05, 0) is 60.7 Å². The first-order valence-electron chi connectivity index (χ1n) is 14.8. The molecule has 0 spiro atoms. The maximum Gasteiger partial charge on any atom is 0.267 e. The zero-order valence-corrected chi connectivity index (χ0v) is 26.8. The van der Waals surface area contributed by atoms with Crippen molar-refractivity contribution < 1.29 is 14.8 Å². The Morgan fingerprint density at radius 2 is 1.67 bits per heavy atom. The van der Waals surface area contributed by atoms with E-state index in [0.29, 0.717) is 45.8 Å².